The highest BCUT2D eigenvalue weighted by atomic mass is 19.4. The van der Waals surface area contributed by atoms with Gasteiger partial charge in [0, 0.05) is 17.3 Å². The molecule has 1 aromatic rings. The summed E-state index contributed by atoms with van der Waals surface area (Å²) in [7, 11) is 0. The Morgan fingerprint density at radius 2 is 1.67 bits per heavy atom. The smallest absolute Gasteiger partial charge is 0.382 e. The van der Waals surface area contributed by atoms with Gasteiger partial charge in [-0.25, -0.2) is 0 Å². The van der Waals surface area contributed by atoms with E-state index in [1.54, 1.807) is 0 Å². The highest BCUT2D eigenvalue weighted by Gasteiger charge is 2.71. The molecule has 0 spiro atoms. The predicted octanol–water partition coefficient (Wildman–Crippen LogP) is 3.75. The number of rotatable bonds is 1. The Kier molecular flexibility index (Phi) is 3.64. The molecule has 2 nitrogen and oxygen atoms in total. The third-order valence-electron chi connectivity index (χ3n) is 3.59. The molecule has 2 N–H and O–H groups in total. The van der Waals surface area contributed by atoms with E-state index in [4.69, 9.17) is 0 Å². The average Bonchev–Trinajstić information content (AvgIpc) is 2.34. The number of halogens is 6. The summed E-state index contributed by atoms with van der Waals surface area (Å²) >= 11 is 0. The van der Waals surface area contributed by atoms with Crippen LogP contribution in [0.3, 0.4) is 0 Å². The standard InChI is InChI=1S/C13H13F6NO/c1-7-2-3-8-6-9(4-5-10(8)20-7)11(21,12(14,15)16)13(17,18)19/h4-7,20-21H,2-3H2,1H3. The highest BCUT2D eigenvalue weighted by molar-refractivity contribution is 5.56. The van der Waals surface area contributed by atoms with E-state index >= 15 is 0 Å². The molecule has 0 bridgehead atoms. The Balaban J connectivity index is 2.53. The largest absolute Gasteiger partial charge is 0.430 e. The van der Waals surface area contributed by atoms with E-state index in [1.807, 2.05) is 6.92 Å². The highest BCUT2D eigenvalue weighted by Crippen LogP contribution is 2.50. The first-order valence-electron chi connectivity index (χ1n) is 6.22. The van der Waals surface area contributed by atoms with Crippen molar-refractivity contribution in [2.45, 2.75) is 43.8 Å². The van der Waals surface area contributed by atoms with Gasteiger partial charge in [-0.1, -0.05) is 12.1 Å². The van der Waals surface area contributed by atoms with Crippen LogP contribution < -0.4 is 5.32 Å². The normalized spacial score (nSPS) is 19.9. The number of hydrogen-bond donors (Lipinski definition) is 2. The summed E-state index contributed by atoms with van der Waals surface area (Å²) in [6.45, 7) is 1.86. The SMILES string of the molecule is CC1CCc2cc(C(O)(C(F)(F)F)C(F)(F)F)ccc2N1. The minimum atomic E-state index is -5.85. The Morgan fingerprint density at radius 1 is 1.10 bits per heavy atom. The van der Waals surface area contributed by atoms with Crippen LogP contribution in [0.4, 0.5) is 32.0 Å². The molecule has 118 valence electrons. The van der Waals surface area contributed by atoms with Gasteiger partial charge >= 0.3 is 12.4 Å². The summed E-state index contributed by atoms with van der Waals surface area (Å²) < 4.78 is 76.8. The zero-order valence-corrected chi connectivity index (χ0v) is 10.9. The summed E-state index contributed by atoms with van der Waals surface area (Å²) in [6.07, 6.45) is -10.8. The summed E-state index contributed by atoms with van der Waals surface area (Å²) in [5.74, 6) is 0. The van der Waals surface area contributed by atoms with Crippen LogP contribution in [0.1, 0.15) is 24.5 Å². The third-order valence-corrected chi connectivity index (χ3v) is 3.59. The van der Waals surface area contributed by atoms with Crippen LogP contribution in [0.25, 0.3) is 0 Å². The Labute approximate surface area is 116 Å². The molecule has 1 aromatic carbocycles. The number of aliphatic hydroxyl groups is 1. The van der Waals surface area contributed by atoms with Gasteiger partial charge < -0.3 is 10.4 Å². The zero-order chi connectivity index (χ0) is 16.1. The molecule has 1 aliphatic heterocycles. The number of fused-ring (bicyclic) bond motifs is 1. The van der Waals surface area contributed by atoms with E-state index in [2.05, 4.69) is 5.32 Å². The Hall–Kier alpha value is -1.44. The lowest BCUT2D eigenvalue weighted by atomic mass is 9.88. The number of benzene rings is 1. The maximum absolute atomic E-state index is 12.8. The van der Waals surface area contributed by atoms with Crippen molar-refractivity contribution in [3.05, 3.63) is 29.3 Å². The number of hydrogen-bond acceptors (Lipinski definition) is 2. The quantitative estimate of drug-likeness (QED) is 0.774. The lowest BCUT2D eigenvalue weighted by Crippen LogP contribution is -2.54. The average molecular weight is 313 g/mol. The molecule has 0 saturated heterocycles. The molecule has 0 radical (unpaired) electrons. The van der Waals surface area contributed by atoms with Gasteiger partial charge in [0.05, 0.1) is 0 Å². The van der Waals surface area contributed by atoms with Crippen molar-refractivity contribution in [1.29, 1.82) is 0 Å². The minimum Gasteiger partial charge on any atom is -0.382 e. The van der Waals surface area contributed by atoms with E-state index in [0.717, 1.165) is 12.1 Å². The van der Waals surface area contributed by atoms with Crippen LogP contribution in [0.2, 0.25) is 0 Å². The monoisotopic (exact) mass is 313 g/mol. The van der Waals surface area contributed by atoms with Crippen LogP contribution in [-0.2, 0) is 12.0 Å². The molecule has 0 aromatic heterocycles. The lowest BCUT2D eigenvalue weighted by molar-refractivity contribution is -0.376. The summed E-state index contributed by atoms with van der Waals surface area (Å²) in [4.78, 5) is 0. The molecule has 21 heavy (non-hydrogen) atoms. The van der Waals surface area contributed by atoms with Crippen LogP contribution in [0, 0.1) is 0 Å². The van der Waals surface area contributed by atoms with E-state index in [9.17, 15) is 31.4 Å². The minimum absolute atomic E-state index is 0.0902. The summed E-state index contributed by atoms with van der Waals surface area (Å²) in [5, 5.41) is 12.3. The fraction of sp³-hybridized carbons (Fsp3) is 0.538. The Bertz CT molecular complexity index is 522. The Morgan fingerprint density at radius 3 is 2.19 bits per heavy atom. The molecule has 0 aliphatic carbocycles. The van der Waals surface area contributed by atoms with Crippen molar-refractivity contribution in [3.63, 3.8) is 0 Å². The van der Waals surface area contributed by atoms with Crippen molar-refractivity contribution in [2.24, 2.45) is 0 Å². The molecule has 1 heterocycles. The van der Waals surface area contributed by atoms with Gasteiger partial charge in [0.1, 0.15) is 0 Å². The molecular formula is C13H13F6NO. The van der Waals surface area contributed by atoms with Crippen molar-refractivity contribution in [1.82, 2.24) is 0 Å². The van der Waals surface area contributed by atoms with E-state index in [0.29, 0.717) is 30.2 Å². The second-order valence-corrected chi connectivity index (χ2v) is 5.16. The van der Waals surface area contributed by atoms with Crippen molar-refractivity contribution in [3.8, 4) is 0 Å². The van der Waals surface area contributed by atoms with Crippen molar-refractivity contribution < 1.29 is 31.4 Å². The molecule has 1 unspecified atom stereocenters. The van der Waals surface area contributed by atoms with Crippen molar-refractivity contribution in [2.75, 3.05) is 5.32 Å². The number of alkyl halides is 6. The summed E-state index contributed by atoms with van der Waals surface area (Å²) in [6, 6.07) is 2.66. The van der Waals surface area contributed by atoms with E-state index in [-0.39, 0.29) is 6.04 Å². The fourth-order valence-corrected chi connectivity index (χ4v) is 2.36. The molecule has 1 atom stereocenters. The first-order valence-corrected chi connectivity index (χ1v) is 6.22. The molecule has 2 rings (SSSR count). The second-order valence-electron chi connectivity index (χ2n) is 5.16. The van der Waals surface area contributed by atoms with E-state index < -0.39 is 23.5 Å². The maximum atomic E-state index is 12.8. The van der Waals surface area contributed by atoms with Gasteiger partial charge in [-0.05, 0) is 31.4 Å². The molecule has 0 saturated carbocycles. The van der Waals surface area contributed by atoms with Gasteiger partial charge in [0.25, 0.3) is 5.60 Å². The zero-order valence-electron chi connectivity index (χ0n) is 10.9. The van der Waals surface area contributed by atoms with Gasteiger partial charge in [-0.2, -0.15) is 26.3 Å². The van der Waals surface area contributed by atoms with Gasteiger partial charge in [-0.3, -0.25) is 0 Å². The van der Waals surface area contributed by atoms with Crippen LogP contribution in [-0.4, -0.2) is 23.5 Å². The molecule has 8 heteroatoms. The van der Waals surface area contributed by atoms with Gasteiger partial charge in [0.15, 0.2) is 0 Å². The van der Waals surface area contributed by atoms with Crippen LogP contribution in [0.5, 0.6) is 0 Å². The fourth-order valence-electron chi connectivity index (χ4n) is 2.36. The predicted molar refractivity (Wildman–Crippen MR) is 63.9 cm³/mol. The van der Waals surface area contributed by atoms with E-state index in [1.165, 1.54) is 0 Å². The van der Waals surface area contributed by atoms with Crippen LogP contribution >= 0.6 is 0 Å². The van der Waals surface area contributed by atoms with Crippen molar-refractivity contribution >= 4 is 5.69 Å². The second kappa shape index (κ2) is 4.79. The number of nitrogens with one attached hydrogen (secondary N) is 1. The molecular weight excluding hydrogens is 300 g/mol. The first kappa shape index (κ1) is 15.9. The third kappa shape index (κ3) is 2.56. The molecule has 1 aliphatic rings. The number of aryl methyl sites for hydroxylation is 1. The molecule has 0 amide bonds. The molecule has 0 fully saturated rings. The summed E-state index contributed by atoms with van der Waals surface area (Å²) in [5.41, 5.74) is -5.25. The topological polar surface area (TPSA) is 32.3 Å². The van der Waals surface area contributed by atoms with Gasteiger partial charge in [-0.15, -0.1) is 0 Å². The van der Waals surface area contributed by atoms with Crippen LogP contribution in [0.15, 0.2) is 18.2 Å². The number of anilines is 1. The van der Waals surface area contributed by atoms with Gasteiger partial charge in [0.2, 0.25) is 0 Å². The maximum Gasteiger partial charge on any atom is 0.430 e. The first-order chi connectivity index (χ1) is 9.47. The lowest BCUT2D eigenvalue weighted by Gasteiger charge is -2.34.